The van der Waals surface area contributed by atoms with Crippen LogP contribution in [0.4, 0.5) is 0 Å². The first-order valence-corrected chi connectivity index (χ1v) is 6.57. The minimum atomic E-state index is -0.0169. The molecule has 0 saturated heterocycles. The van der Waals surface area contributed by atoms with E-state index in [4.69, 9.17) is 11.6 Å². The second kappa shape index (κ2) is 5.71. The molecule has 1 heterocycles. The average Bonchev–Trinajstić information content (AvgIpc) is 2.14. The van der Waals surface area contributed by atoms with Crippen LogP contribution in [0.2, 0.25) is 0 Å². The van der Waals surface area contributed by atoms with E-state index < -0.39 is 0 Å². The van der Waals surface area contributed by atoms with Gasteiger partial charge in [0.05, 0.1) is 11.1 Å². The van der Waals surface area contributed by atoms with Crippen molar-refractivity contribution in [2.75, 3.05) is 0 Å². The monoisotopic (exact) mass is 244 g/mol. The van der Waals surface area contributed by atoms with E-state index in [2.05, 4.69) is 23.8 Å². The molecule has 0 spiro atoms. The van der Waals surface area contributed by atoms with Crippen molar-refractivity contribution >= 4 is 23.4 Å². The van der Waals surface area contributed by atoms with Crippen molar-refractivity contribution in [1.29, 1.82) is 0 Å². The van der Waals surface area contributed by atoms with Crippen LogP contribution in [0.25, 0.3) is 0 Å². The molecule has 1 unspecified atom stereocenters. The van der Waals surface area contributed by atoms with Gasteiger partial charge < -0.3 is 0 Å². The van der Waals surface area contributed by atoms with Crippen molar-refractivity contribution in [1.82, 2.24) is 9.97 Å². The van der Waals surface area contributed by atoms with Gasteiger partial charge in [0, 0.05) is 17.5 Å². The first kappa shape index (κ1) is 12.8. The standard InChI is InChI=1S/C11H17ClN2S/c1-7(2)15-6-11-13-5-10(8(3)12)9(4)14-11/h5,7-8H,6H2,1-4H3. The van der Waals surface area contributed by atoms with Gasteiger partial charge in [-0.1, -0.05) is 13.8 Å². The third-order valence-electron chi connectivity index (χ3n) is 2.04. The summed E-state index contributed by atoms with van der Waals surface area (Å²) >= 11 is 7.85. The van der Waals surface area contributed by atoms with Crippen LogP contribution in [0.5, 0.6) is 0 Å². The van der Waals surface area contributed by atoms with Gasteiger partial charge in [0.25, 0.3) is 0 Å². The molecule has 0 bridgehead atoms. The number of aromatic nitrogens is 2. The van der Waals surface area contributed by atoms with Gasteiger partial charge in [0.15, 0.2) is 0 Å². The van der Waals surface area contributed by atoms with Gasteiger partial charge in [-0.3, -0.25) is 0 Å². The summed E-state index contributed by atoms with van der Waals surface area (Å²) in [6, 6.07) is 0. The fourth-order valence-corrected chi connectivity index (χ4v) is 2.06. The number of halogens is 1. The number of hydrogen-bond acceptors (Lipinski definition) is 3. The summed E-state index contributed by atoms with van der Waals surface area (Å²) in [4.78, 5) is 8.77. The Morgan fingerprint density at radius 1 is 1.40 bits per heavy atom. The summed E-state index contributed by atoms with van der Waals surface area (Å²) in [6.45, 7) is 8.27. The minimum absolute atomic E-state index is 0.0169. The van der Waals surface area contributed by atoms with Crippen LogP contribution in [0.3, 0.4) is 0 Å². The van der Waals surface area contributed by atoms with Crippen LogP contribution in [0.15, 0.2) is 6.20 Å². The third-order valence-corrected chi connectivity index (χ3v) is 3.37. The van der Waals surface area contributed by atoms with E-state index in [0.717, 1.165) is 22.8 Å². The van der Waals surface area contributed by atoms with Gasteiger partial charge >= 0.3 is 0 Å². The Balaban J connectivity index is 2.73. The molecule has 0 aliphatic rings. The van der Waals surface area contributed by atoms with Crippen LogP contribution < -0.4 is 0 Å². The molecule has 0 saturated carbocycles. The molecule has 0 amide bonds. The summed E-state index contributed by atoms with van der Waals surface area (Å²) in [5, 5.41) is 0.595. The van der Waals surface area contributed by atoms with Crippen molar-refractivity contribution in [3.05, 3.63) is 23.3 Å². The highest BCUT2D eigenvalue weighted by molar-refractivity contribution is 7.99. The van der Waals surface area contributed by atoms with Gasteiger partial charge in [-0.15, -0.1) is 11.6 Å². The Morgan fingerprint density at radius 2 is 2.07 bits per heavy atom. The van der Waals surface area contributed by atoms with E-state index in [9.17, 15) is 0 Å². The van der Waals surface area contributed by atoms with E-state index in [1.165, 1.54) is 0 Å². The van der Waals surface area contributed by atoms with Crippen molar-refractivity contribution in [3.63, 3.8) is 0 Å². The number of thioether (sulfide) groups is 1. The lowest BCUT2D eigenvalue weighted by atomic mass is 10.2. The molecule has 0 aliphatic heterocycles. The van der Waals surface area contributed by atoms with Gasteiger partial charge in [-0.2, -0.15) is 11.8 Å². The Bertz CT molecular complexity index is 326. The molecule has 15 heavy (non-hydrogen) atoms. The maximum absolute atomic E-state index is 6.00. The summed E-state index contributed by atoms with van der Waals surface area (Å²) in [5.74, 6) is 1.77. The van der Waals surface area contributed by atoms with E-state index in [-0.39, 0.29) is 5.38 Å². The topological polar surface area (TPSA) is 25.8 Å². The molecule has 4 heteroatoms. The number of rotatable bonds is 4. The number of alkyl halides is 1. The normalized spacial score (nSPS) is 13.2. The largest absolute Gasteiger partial charge is 0.240 e. The van der Waals surface area contributed by atoms with Crippen LogP contribution in [0, 0.1) is 6.92 Å². The fourth-order valence-electron chi connectivity index (χ4n) is 1.23. The Morgan fingerprint density at radius 3 is 2.53 bits per heavy atom. The maximum atomic E-state index is 6.00. The van der Waals surface area contributed by atoms with E-state index >= 15 is 0 Å². The van der Waals surface area contributed by atoms with Gasteiger partial charge in [0.2, 0.25) is 0 Å². The summed E-state index contributed by atoms with van der Waals surface area (Å²) in [7, 11) is 0. The molecule has 1 rings (SSSR count). The first-order valence-electron chi connectivity index (χ1n) is 5.08. The predicted molar refractivity (Wildman–Crippen MR) is 67.5 cm³/mol. The van der Waals surface area contributed by atoms with Crippen LogP contribution in [0.1, 0.15) is 43.2 Å². The lowest BCUT2D eigenvalue weighted by Crippen LogP contribution is -2.01. The average molecular weight is 245 g/mol. The van der Waals surface area contributed by atoms with Gasteiger partial charge in [0.1, 0.15) is 5.82 Å². The molecule has 0 radical (unpaired) electrons. The Kier molecular flexibility index (Phi) is 4.87. The SMILES string of the molecule is Cc1nc(CSC(C)C)ncc1C(C)Cl. The lowest BCUT2D eigenvalue weighted by Gasteiger charge is -2.09. The summed E-state index contributed by atoms with van der Waals surface area (Å²) in [6.07, 6.45) is 1.84. The first-order chi connectivity index (χ1) is 7.00. The second-order valence-corrected chi connectivity index (χ2v) is 6.02. The molecule has 0 aliphatic carbocycles. The summed E-state index contributed by atoms with van der Waals surface area (Å²) < 4.78 is 0. The van der Waals surface area contributed by atoms with E-state index in [1.54, 1.807) is 0 Å². The molecule has 1 aromatic rings. The van der Waals surface area contributed by atoms with Crippen LogP contribution >= 0.6 is 23.4 Å². The zero-order chi connectivity index (χ0) is 11.4. The fraction of sp³-hybridized carbons (Fsp3) is 0.636. The number of aryl methyl sites for hydroxylation is 1. The van der Waals surface area contributed by atoms with E-state index in [0.29, 0.717) is 5.25 Å². The highest BCUT2D eigenvalue weighted by Crippen LogP contribution is 2.22. The molecule has 0 aromatic carbocycles. The Hall–Kier alpha value is -0.280. The second-order valence-electron chi connectivity index (χ2n) is 3.80. The van der Waals surface area contributed by atoms with Crippen LogP contribution in [-0.4, -0.2) is 15.2 Å². The summed E-state index contributed by atoms with van der Waals surface area (Å²) in [5.41, 5.74) is 2.02. The molecule has 0 fully saturated rings. The van der Waals surface area contributed by atoms with Crippen LogP contribution in [-0.2, 0) is 5.75 Å². The Labute approximate surface area is 101 Å². The van der Waals surface area contributed by atoms with Crippen molar-refractivity contribution < 1.29 is 0 Å². The minimum Gasteiger partial charge on any atom is -0.240 e. The van der Waals surface area contributed by atoms with Crippen molar-refractivity contribution in [3.8, 4) is 0 Å². The van der Waals surface area contributed by atoms with Gasteiger partial charge in [-0.05, 0) is 19.1 Å². The quantitative estimate of drug-likeness (QED) is 0.755. The maximum Gasteiger partial charge on any atom is 0.138 e. The molecule has 2 nitrogen and oxygen atoms in total. The molecule has 0 N–H and O–H groups in total. The molecule has 1 aromatic heterocycles. The number of hydrogen-bond donors (Lipinski definition) is 0. The zero-order valence-corrected chi connectivity index (χ0v) is 11.2. The molecule has 84 valence electrons. The third kappa shape index (κ3) is 3.99. The molecule has 1 atom stereocenters. The van der Waals surface area contributed by atoms with Gasteiger partial charge in [-0.25, -0.2) is 9.97 Å². The zero-order valence-electron chi connectivity index (χ0n) is 9.62. The molecular weight excluding hydrogens is 228 g/mol. The lowest BCUT2D eigenvalue weighted by molar-refractivity contribution is 0.921. The van der Waals surface area contributed by atoms with Crippen molar-refractivity contribution in [2.45, 2.75) is 44.1 Å². The highest BCUT2D eigenvalue weighted by atomic mass is 35.5. The smallest absolute Gasteiger partial charge is 0.138 e. The molecular formula is C11H17ClN2S. The van der Waals surface area contributed by atoms with Crippen molar-refractivity contribution in [2.24, 2.45) is 0 Å². The predicted octanol–water partition coefficient (Wildman–Crippen LogP) is 3.73. The highest BCUT2D eigenvalue weighted by Gasteiger charge is 2.08. The number of nitrogens with zero attached hydrogens (tertiary/aromatic N) is 2. The van der Waals surface area contributed by atoms with E-state index in [1.807, 2.05) is 31.8 Å².